The molecule has 1 fully saturated rings. The molecule has 0 aliphatic carbocycles. The second-order valence-electron chi connectivity index (χ2n) is 4.06. The molecule has 0 saturated carbocycles. The van der Waals surface area contributed by atoms with Gasteiger partial charge >= 0.3 is 23.5 Å². The second-order valence-corrected chi connectivity index (χ2v) is 4.06. The topological polar surface area (TPSA) is 121 Å². The molecule has 1 heterocycles. The molecule has 2 amide bonds. The first-order chi connectivity index (χ1) is 9.97. The predicted octanol–water partition coefficient (Wildman–Crippen LogP) is 0.684. The molecule has 1 N–H and O–H groups in total. The minimum atomic E-state index is -1.12. The van der Waals surface area contributed by atoms with Gasteiger partial charge in [-0.1, -0.05) is 0 Å². The Labute approximate surface area is 120 Å². The Hall–Kier alpha value is -2.63. The van der Waals surface area contributed by atoms with Crippen molar-refractivity contribution in [1.29, 1.82) is 5.39 Å². The maximum atomic E-state index is 12.2. The average molecular weight is 298 g/mol. The van der Waals surface area contributed by atoms with E-state index in [0.29, 0.717) is 4.90 Å². The van der Waals surface area contributed by atoms with Crippen LogP contribution in [0.2, 0.25) is 0 Å². The number of hydrogen-bond donors (Lipinski definition) is 1. The average Bonchev–Trinajstić information content (AvgIpc) is 2.82. The van der Waals surface area contributed by atoms with E-state index in [2.05, 4.69) is 9.71 Å². The highest BCUT2D eigenvalue weighted by Gasteiger charge is 2.47. The molecule has 1 atom stereocenters. The largest absolute Gasteiger partial charge is 0.528 e. The van der Waals surface area contributed by atoms with Crippen LogP contribution in [0, 0.1) is 5.39 Å². The third-order valence-electron chi connectivity index (χ3n) is 2.78. The lowest BCUT2D eigenvalue weighted by Gasteiger charge is -2.18. The predicted molar refractivity (Wildman–Crippen MR) is 67.9 cm³/mol. The highest BCUT2D eigenvalue weighted by molar-refractivity contribution is 6.09. The molecular formula is C12H16N3O6+. The van der Waals surface area contributed by atoms with Gasteiger partial charge in [-0.05, 0) is 20.3 Å². The number of carbonyl (C=O) groups excluding carboxylic acids is 3. The number of likely N-dealkylation sites (tertiary alicyclic amines) is 1. The lowest BCUT2D eigenvalue weighted by molar-refractivity contribution is -0.156. The number of aliphatic hydroxyl groups excluding tert-OH is 1. The second kappa shape index (κ2) is 7.23. The zero-order chi connectivity index (χ0) is 16.0. The van der Waals surface area contributed by atoms with E-state index in [4.69, 9.17) is 10.1 Å². The monoisotopic (exact) mass is 298 g/mol. The molecule has 0 aromatic heterocycles. The van der Waals surface area contributed by atoms with E-state index in [0.717, 1.165) is 0 Å². The number of diazo groups is 1. The van der Waals surface area contributed by atoms with Crippen LogP contribution < -0.4 is 0 Å². The number of rotatable bonds is 5. The summed E-state index contributed by atoms with van der Waals surface area (Å²) in [7, 11) is 0. The number of amides is 2. The van der Waals surface area contributed by atoms with Gasteiger partial charge in [0, 0.05) is 6.42 Å². The fraction of sp³-hybridized carbons (Fsp3) is 0.583. The minimum absolute atomic E-state index is 0.0212. The van der Waals surface area contributed by atoms with Gasteiger partial charge in [-0.15, -0.1) is 0 Å². The molecular weight excluding hydrogens is 282 g/mol. The summed E-state index contributed by atoms with van der Waals surface area (Å²) < 4.78 is 9.45. The van der Waals surface area contributed by atoms with Crippen molar-refractivity contribution in [2.45, 2.75) is 32.7 Å². The summed E-state index contributed by atoms with van der Waals surface area (Å²) in [4.78, 5) is 38.9. The van der Waals surface area contributed by atoms with Gasteiger partial charge in [0.2, 0.25) is 11.3 Å². The van der Waals surface area contributed by atoms with E-state index < -0.39 is 35.5 Å². The molecule has 1 saturated heterocycles. The van der Waals surface area contributed by atoms with Gasteiger partial charge in [0.25, 0.3) is 0 Å². The van der Waals surface area contributed by atoms with Gasteiger partial charge in [-0.2, -0.15) is 0 Å². The van der Waals surface area contributed by atoms with Crippen molar-refractivity contribution in [3.05, 3.63) is 16.6 Å². The Morgan fingerprint density at radius 1 is 1.38 bits per heavy atom. The van der Waals surface area contributed by atoms with Crippen LogP contribution in [0.15, 0.2) is 11.6 Å². The molecule has 1 rings (SSSR count). The normalized spacial score (nSPS) is 18.8. The molecule has 1 aliphatic rings. The van der Waals surface area contributed by atoms with Gasteiger partial charge in [-0.3, -0.25) is 14.5 Å². The lowest BCUT2D eigenvalue weighted by atomic mass is 10.2. The molecule has 9 nitrogen and oxygen atoms in total. The molecule has 0 spiro atoms. The Kier molecular flexibility index (Phi) is 5.66. The number of nitrogens with zero attached hydrogens (tertiary/aromatic N) is 3. The molecule has 114 valence electrons. The zero-order valence-electron chi connectivity index (χ0n) is 11.7. The summed E-state index contributed by atoms with van der Waals surface area (Å²) in [6.07, 6.45) is 0.0842. The number of hydrogen-bond acceptors (Lipinski definition) is 7. The first-order valence-electron chi connectivity index (χ1n) is 6.42. The van der Waals surface area contributed by atoms with Crippen LogP contribution in [0.25, 0.3) is 4.98 Å². The van der Waals surface area contributed by atoms with Crippen molar-refractivity contribution in [2.75, 3.05) is 13.2 Å². The molecule has 1 aliphatic heterocycles. The SMILES string of the molecule is CCOC(=O)C1CCC(=O)N1C(=O)/C([N+]#N)=C(\O)OCC. The van der Waals surface area contributed by atoms with Crippen molar-refractivity contribution < 1.29 is 29.0 Å². The van der Waals surface area contributed by atoms with Gasteiger partial charge < -0.3 is 14.6 Å². The van der Waals surface area contributed by atoms with E-state index in [1.807, 2.05) is 0 Å². The number of esters is 1. The summed E-state index contributed by atoms with van der Waals surface area (Å²) in [5.74, 6) is -3.40. The minimum Gasteiger partial charge on any atom is -0.475 e. The summed E-state index contributed by atoms with van der Waals surface area (Å²) in [5, 5.41) is 18.3. The maximum Gasteiger partial charge on any atom is 0.528 e. The van der Waals surface area contributed by atoms with Crippen LogP contribution in [-0.2, 0) is 23.9 Å². The Morgan fingerprint density at radius 2 is 2.00 bits per heavy atom. The van der Waals surface area contributed by atoms with E-state index in [1.54, 1.807) is 6.92 Å². The lowest BCUT2D eigenvalue weighted by Crippen LogP contribution is -2.44. The van der Waals surface area contributed by atoms with Crippen LogP contribution in [0.5, 0.6) is 0 Å². The van der Waals surface area contributed by atoms with Crippen LogP contribution in [0.1, 0.15) is 26.7 Å². The third kappa shape index (κ3) is 3.47. The standard InChI is InChI=1S/C12H15N3O6/c1-3-20-11(18)7-5-6-8(16)15(7)10(17)9(14-13)12(19)21-4-2/h7H,3-6H2,1-2H3/p+1. The summed E-state index contributed by atoms with van der Waals surface area (Å²) in [6, 6.07) is -1.10. The van der Waals surface area contributed by atoms with E-state index in [-0.39, 0.29) is 26.1 Å². The fourth-order valence-corrected chi connectivity index (χ4v) is 1.90. The Balaban J connectivity index is 3.07. The Bertz CT molecular complexity index is 522. The number of imide groups is 1. The molecule has 0 aromatic carbocycles. The zero-order valence-corrected chi connectivity index (χ0v) is 11.7. The van der Waals surface area contributed by atoms with Gasteiger partial charge in [0.1, 0.15) is 6.04 Å². The van der Waals surface area contributed by atoms with Crippen LogP contribution in [0.4, 0.5) is 0 Å². The smallest absolute Gasteiger partial charge is 0.475 e. The van der Waals surface area contributed by atoms with E-state index in [1.165, 1.54) is 6.92 Å². The maximum absolute atomic E-state index is 12.2. The van der Waals surface area contributed by atoms with E-state index >= 15 is 0 Å². The molecule has 0 bridgehead atoms. The van der Waals surface area contributed by atoms with Crippen LogP contribution in [-0.4, -0.2) is 47.0 Å². The molecule has 1 unspecified atom stereocenters. The van der Waals surface area contributed by atoms with Gasteiger partial charge in [0.05, 0.1) is 13.2 Å². The van der Waals surface area contributed by atoms with E-state index in [9.17, 15) is 19.5 Å². The fourth-order valence-electron chi connectivity index (χ4n) is 1.90. The van der Waals surface area contributed by atoms with Crippen molar-refractivity contribution in [2.24, 2.45) is 0 Å². The quantitative estimate of drug-likeness (QED) is 0.343. The highest BCUT2D eigenvalue weighted by atomic mass is 16.6. The van der Waals surface area contributed by atoms with Crippen molar-refractivity contribution in [3.63, 3.8) is 0 Å². The number of carbonyl (C=O) groups is 3. The van der Waals surface area contributed by atoms with Crippen molar-refractivity contribution in [1.82, 2.24) is 4.90 Å². The summed E-state index contributed by atoms with van der Waals surface area (Å²) in [5.41, 5.74) is -0.846. The molecule has 0 aromatic rings. The molecule has 0 radical (unpaired) electrons. The third-order valence-corrected chi connectivity index (χ3v) is 2.78. The summed E-state index contributed by atoms with van der Waals surface area (Å²) >= 11 is 0. The van der Waals surface area contributed by atoms with Crippen LogP contribution >= 0.6 is 0 Å². The Morgan fingerprint density at radius 3 is 2.52 bits per heavy atom. The number of ether oxygens (including phenoxy) is 2. The van der Waals surface area contributed by atoms with Crippen molar-refractivity contribution in [3.8, 4) is 0 Å². The van der Waals surface area contributed by atoms with Gasteiger partial charge in [-0.25, -0.2) is 4.79 Å². The first kappa shape index (κ1) is 16.4. The first-order valence-corrected chi connectivity index (χ1v) is 6.42. The molecule has 9 heteroatoms. The summed E-state index contributed by atoms with van der Waals surface area (Å²) in [6.45, 7) is 3.25. The number of aliphatic hydroxyl groups is 1. The van der Waals surface area contributed by atoms with Crippen LogP contribution in [0.3, 0.4) is 0 Å². The van der Waals surface area contributed by atoms with Gasteiger partial charge in [0.15, 0.2) is 4.98 Å². The van der Waals surface area contributed by atoms with Crippen molar-refractivity contribution >= 4 is 17.8 Å². The highest BCUT2D eigenvalue weighted by Crippen LogP contribution is 2.23. The molecule has 21 heavy (non-hydrogen) atoms.